The maximum atomic E-state index is 12.7. The molecule has 0 bridgehead atoms. The van der Waals surface area contributed by atoms with Crippen molar-refractivity contribution in [2.24, 2.45) is 0 Å². The number of hydrogen-bond acceptors (Lipinski definition) is 7. The van der Waals surface area contributed by atoms with Gasteiger partial charge in [0.2, 0.25) is 5.82 Å². The summed E-state index contributed by atoms with van der Waals surface area (Å²) in [6.07, 6.45) is -12.6. The summed E-state index contributed by atoms with van der Waals surface area (Å²) in [4.78, 5) is 36.3. The largest absolute Gasteiger partial charge is 0.492 e. The molecule has 0 radical (unpaired) electrons. The van der Waals surface area contributed by atoms with Crippen molar-refractivity contribution in [1.82, 2.24) is 14.3 Å². The highest BCUT2D eigenvalue weighted by atomic mass is 19.4. The molecule has 0 unspecified atom stereocenters. The Morgan fingerprint density at radius 1 is 0.949 bits per heavy atom. The lowest BCUT2D eigenvalue weighted by atomic mass is 10.1. The van der Waals surface area contributed by atoms with Gasteiger partial charge in [-0.1, -0.05) is 0 Å². The summed E-state index contributed by atoms with van der Waals surface area (Å²) in [5.74, 6) is -0.965. The van der Waals surface area contributed by atoms with Crippen molar-refractivity contribution in [3.05, 3.63) is 45.1 Å². The zero-order chi connectivity index (χ0) is 29.4. The quantitative estimate of drug-likeness (QED) is 0.260. The van der Waals surface area contributed by atoms with Crippen LogP contribution >= 0.6 is 0 Å². The van der Waals surface area contributed by atoms with E-state index in [-0.39, 0.29) is 18.9 Å². The van der Waals surface area contributed by atoms with E-state index in [0.29, 0.717) is 15.0 Å². The van der Waals surface area contributed by atoms with Gasteiger partial charge in [0.1, 0.15) is 18.1 Å². The molecule has 10 nitrogen and oxygen atoms in total. The van der Waals surface area contributed by atoms with Crippen LogP contribution in [0.25, 0.3) is 0 Å². The van der Waals surface area contributed by atoms with Crippen molar-refractivity contribution in [2.45, 2.75) is 70.6 Å². The Bertz CT molecular complexity index is 1220. The molecule has 1 heterocycles. The average molecular weight is 570 g/mol. The number of aromatic nitrogens is 3. The minimum atomic E-state index is -4.52. The predicted octanol–water partition coefficient (Wildman–Crippen LogP) is 3.82. The molecule has 1 aromatic carbocycles. The van der Waals surface area contributed by atoms with Crippen molar-refractivity contribution in [3.63, 3.8) is 0 Å². The number of nitrogens with zero attached hydrogens (tertiary/aromatic N) is 3. The van der Waals surface area contributed by atoms with Crippen LogP contribution in [0.5, 0.6) is 11.5 Å². The molecule has 0 atom stereocenters. The third kappa shape index (κ3) is 10.5. The molecule has 0 fully saturated rings. The van der Waals surface area contributed by atoms with Crippen LogP contribution in [0.4, 0.5) is 32.2 Å². The van der Waals surface area contributed by atoms with Crippen molar-refractivity contribution >= 4 is 11.8 Å². The van der Waals surface area contributed by atoms with Crippen LogP contribution in [0, 0.1) is 0 Å². The number of carboxylic acid groups (broad SMARTS) is 1. The van der Waals surface area contributed by atoms with Gasteiger partial charge in [-0.15, -0.1) is 5.10 Å². The number of alkyl halides is 6. The molecule has 2 aromatic rings. The summed E-state index contributed by atoms with van der Waals surface area (Å²) in [6.45, 7) is 1.54. The Balaban J connectivity index is 2.08. The Hall–Kier alpha value is -3.72. The van der Waals surface area contributed by atoms with E-state index in [4.69, 9.17) is 14.6 Å². The van der Waals surface area contributed by atoms with E-state index < -0.39 is 79.8 Å². The molecule has 0 saturated heterocycles. The Kier molecular flexibility index (Phi) is 10.4. The number of aryl methyl sites for hydroxylation is 1. The monoisotopic (exact) mass is 570 g/mol. The van der Waals surface area contributed by atoms with Crippen LogP contribution in [0.15, 0.2) is 33.9 Å². The van der Waals surface area contributed by atoms with Gasteiger partial charge < -0.3 is 19.9 Å². The summed E-state index contributed by atoms with van der Waals surface area (Å²) in [5, 5.41) is 15.5. The number of rotatable bonds is 14. The molecule has 39 heavy (non-hydrogen) atoms. The van der Waals surface area contributed by atoms with Gasteiger partial charge in [-0.3, -0.25) is 9.36 Å². The predicted molar refractivity (Wildman–Crippen MR) is 126 cm³/mol. The maximum absolute atomic E-state index is 12.7. The zero-order valence-electron chi connectivity index (χ0n) is 21.1. The summed E-state index contributed by atoms with van der Waals surface area (Å²) in [6, 6.07) is 5.96. The fraction of sp³-hybridized carbons (Fsp3) is 0.565. The molecule has 0 spiro atoms. The number of nitrogens with one attached hydrogen (secondary N) is 1. The van der Waals surface area contributed by atoms with Crippen molar-refractivity contribution in [3.8, 4) is 11.5 Å². The van der Waals surface area contributed by atoms with Crippen LogP contribution < -0.4 is 26.0 Å². The standard InChI is InChI=1S/C23H28F6N4O6/c1-21(2,19(35)36)39-16-7-5-15(6-8-16)38-14-11-30-17-18(34)32(12-3-9-22(24,25)26)20(37)33(31-17)13-4-10-23(27,28)29/h5-8H,3-4,9-14H2,1-2H3,(H,30,31)(H,35,36). The van der Waals surface area contributed by atoms with E-state index in [1.54, 1.807) is 0 Å². The van der Waals surface area contributed by atoms with Gasteiger partial charge in [0.25, 0.3) is 5.56 Å². The number of aliphatic carboxylic acids is 1. The second kappa shape index (κ2) is 12.9. The molecule has 16 heteroatoms. The highest BCUT2D eigenvalue weighted by Gasteiger charge is 2.30. The number of carbonyl (C=O) groups is 1. The van der Waals surface area contributed by atoms with Gasteiger partial charge in [-0.25, -0.2) is 14.3 Å². The van der Waals surface area contributed by atoms with Crippen molar-refractivity contribution in [1.29, 1.82) is 0 Å². The third-order valence-corrected chi connectivity index (χ3v) is 5.17. The molecule has 0 aliphatic heterocycles. The Labute approximate surface area is 218 Å². The van der Waals surface area contributed by atoms with Crippen LogP contribution in [0.3, 0.4) is 0 Å². The van der Waals surface area contributed by atoms with E-state index in [2.05, 4.69) is 10.4 Å². The van der Waals surface area contributed by atoms with Gasteiger partial charge >= 0.3 is 24.0 Å². The van der Waals surface area contributed by atoms with Crippen molar-refractivity contribution in [2.75, 3.05) is 18.5 Å². The molecule has 2 N–H and O–H groups in total. The van der Waals surface area contributed by atoms with E-state index in [1.165, 1.54) is 38.1 Å². The minimum absolute atomic E-state index is 0.0524. The first-order chi connectivity index (χ1) is 18.0. The number of anilines is 1. The van der Waals surface area contributed by atoms with E-state index in [1.807, 2.05) is 0 Å². The molecular weight excluding hydrogens is 542 g/mol. The van der Waals surface area contributed by atoms with Crippen LogP contribution in [-0.4, -0.2) is 56.5 Å². The second-order valence-electron chi connectivity index (χ2n) is 8.91. The number of hydrogen-bond donors (Lipinski definition) is 2. The number of benzene rings is 1. The van der Waals surface area contributed by atoms with E-state index in [9.17, 15) is 40.7 Å². The first kappa shape index (κ1) is 31.5. The summed E-state index contributed by atoms with van der Waals surface area (Å²) in [7, 11) is 0. The van der Waals surface area contributed by atoms with Crippen LogP contribution in [0.1, 0.15) is 39.5 Å². The molecular formula is C23H28F6N4O6. The van der Waals surface area contributed by atoms with E-state index in [0.717, 1.165) is 0 Å². The SMILES string of the molecule is CC(C)(Oc1ccc(OCCNc2nn(CCCC(F)(F)F)c(=O)n(CCCC(F)(F)F)c2=O)cc1)C(=O)O. The average Bonchev–Trinajstić information content (AvgIpc) is 2.80. The molecule has 0 saturated carbocycles. The zero-order valence-corrected chi connectivity index (χ0v) is 21.1. The summed E-state index contributed by atoms with van der Waals surface area (Å²) >= 11 is 0. The topological polar surface area (TPSA) is 125 Å². The van der Waals surface area contributed by atoms with Crippen LogP contribution in [-0.2, 0) is 17.9 Å². The number of ether oxygens (including phenoxy) is 2. The fourth-order valence-electron chi connectivity index (χ4n) is 3.16. The first-order valence-corrected chi connectivity index (χ1v) is 11.7. The molecule has 0 aliphatic rings. The third-order valence-electron chi connectivity index (χ3n) is 5.17. The molecule has 0 amide bonds. The van der Waals surface area contributed by atoms with E-state index >= 15 is 0 Å². The lowest BCUT2D eigenvalue weighted by molar-refractivity contribution is -0.152. The fourth-order valence-corrected chi connectivity index (χ4v) is 3.16. The lowest BCUT2D eigenvalue weighted by Gasteiger charge is -2.21. The van der Waals surface area contributed by atoms with Gasteiger partial charge in [0, 0.05) is 25.9 Å². The van der Waals surface area contributed by atoms with Gasteiger partial charge in [-0.2, -0.15) is 26.3 Å². The van der Waals surface area contributed by atoms with Gasteiger partial charge in [0.05, 0.1) is 6.54 Å². The smallest absolute Gasteiger partial charge is 0.389 e. The second-order valence-corrected chi connectivity index (χ2v) is 8.91. The molecule has 0 aliphatic carbocycles. The lowest BCUT2D eigenvalue weighted by Crippen LogP contribution is -2.43. The Morgan fingerprint density at radius 3 is 2.03 bits per heavy atom. The number of carboxylic acids is 1. The Morgan fingerprint density at radius 2 is 1.49 bits per heavy atom. The maximum Gasteiger partial charge on any atom is 0.389 e. The van der Waals surface area contributed by atoms with Gasteiger partial charge in [0.15, 0.2) is 5.60 Å². The van der Waals surface area contributed by atoms with Crippen molar-refractivity contribution < 1.29 is 45.7 Å². The normalized spacial score (nSPS) is 12.3. The minimum Gasteiger partial charge on any atom is -0.492 e. The molecule has 1 aromatic heterocycles. The highest BCUT2D eigenvalue weighted by molar-refractivity contribution is 5.76. The molecule has 218 valence electrons. The van der Waals surface area contributed by atoms with Gasteiger partial charge in [-0.05, 0) is 51.0 Å². The summed E-state index contributed by atoms with van der Waals surface area (Å²) in [5.41, 5.74) is -3.58. The van der Waals surface area contributed by atoms with Crippen LogP contribution in [0.2, 0.25) is 0 Å². The summed E-state index contributed by atoms with van der Waals surface area (Å²) < 4.78 is 87.1. The first-order valence-electron chi connectivity index (χ1n) is 11.7. The number of halogens is 6. The highest BCUT2D eigenvalue weighted by Crippen LogP contribution is 2.23. The molecule has 2 rings (SSSR count).